The third kappa shape index (κ3) is 6.21. The molecule has 0 bridgehead atoms. The van der Waals surface area contributed by atoms with E-state index in [1.54, 1.807) is 25.3 Å². The van der Waals surface area contributed by atoms with Crippen LogP contribution in [0.5, 0.6) is 5.75 Å². The van der Waals surface area contributed by atoms with Crippen LogP contribution >= 0.6 is 0 Å². The lowest BCUT2D eigenvalue weighted by Gasteiger charge is -2.35. The summed E-state index contributed by atoms with van der Waals surface area (Å²) in [6, 6.07) is 4.88. The second-order valence-electron chi connectivity index (χ2n) is 6.68. The van der Waals surface area contributed by atoms with E-state index in [2.05, 4.69) is 9.62 Å². The lowest BCUT2D eigenvalue weighted by molar-refractivity contribution is -0.0671. The SMILES string of the molecule is COCCOc1ccc(S(=O)(=O)NCCN2CC(C)OC(C)C2)cc1C. The van der Waals surface area contributed by atoms with Crippen molar-refractivity contribution < 1.29 is 22.6 Å². The Morgan fingerprint density at radius 3 is 2.54 bits per heavy atom. The molecule has 1 heterocycles. The molecule has 1 aromatic rings. The Morgan fingerprint density at radius 1 is 1.23 bits per heavy atom. The van der Waals surface area contributed by atoms with Crippen LogP contribution in [0.3, 0.4) is 0 Å². The standard InChI is InChI=1S/C18H30N2O5S/c1-14-11-17(5-6-18(14)24-10-9-23-4)26(21,22)19-7-8-20-12-15(2)25-16(3)13-20/h5-6,11,15-16,19H,7-10,12-13H2,1-4H3. The summed E-state index contributed by atoms with van der Waals surface area (Å²) >= 11 is 0. The lowest BCUT2D eigenvalue weighted by atomic mass is 10.2. The quantitative estimate of drug-likeness (QED) is 0.647. The van der Waals surface area contributed by atoms with Crippen molar-refractivity contribution in [3.8, 4) is 5.75 Å². The molecule has 148 valence electrons. The van der Waals surface area contributed by atoms with Gasteiger partial charge in [-0.3, -0.25) is 4.90 Å². The Hall–Kier alpha value is -1.19. The van der Waals surface area contributed by atoms with E-state index in [4.69, 9.17) is 14.2 Å². The molecule has 1 N–H and O–H groups in total. The zero-order valence-corrected chi connectivity index (χ0v) is 16.8. The largest absolute Gasteiger partial charge is 0.491 e. The maximum atomic E-state index is 12.5. The number of methoxy groups -OCH3 is 1. The predicted octanol–water partition coefficient (Wildman–Crippen LogP) is 1.41. The van der Waals surface area contributed by atoms with Crippen molar-refractivity contribution in [2.24, 2.45) is 0 Å². The number of nitrogens with zero attached hydrogens (tertiary/aromatic N) is 1. The number of ether oxygens (including phenoxy) is 3. The van der Waals surface area contributed by atoms with Gasteiger partial charge in [0.2, 0.25) is 10.0 Å². The number of aryl methyl sites for hydroxylation is 1. The molecule has 8 heteroatoms. The molecule has 0 aromatic heterocycles. The minimum absolute atomic E-state index is 0.170. The average molecular weight is 387 g/mol. The van der Waals surface area contributed by atoms with Crippen LogP contribution < -0.4 is 9.46 Å². The number of rotatable bonds is 9. The second kappa shape index (κ2) is 9.66. The number of benzene rings is 1. The number of sulfonamides is 1. The van der Waals surface area contributed by atoms with Gasteiger partial charge >= 0.3 is 0 Å². The van der Waals surface area contributed by atoms with Crippen LogP contribution in [0.1, 0.15) is 19.4 Å². The first-order valence-corrected chi connectivity index (χ1v) is 10.4. The van der Waals surface area contributed by atoms with Crippen LogP contribution in [0.15, 0.2) is 23.1 Å². The normalized spacial score (nSPS) is 21.7. The van der Waals surface area contributed by atoms with Gasteiger partial charge in [0.25, 0.3) is 0 Å². The Bertz CT molecular complexity index is 670. The minimum Gasteiger partial charge on any atom is -0.491 e. The molecule has 0 aliphatic carbocycles. The fraction of sp³-hybridized carbons (Fsp3) is 0.667. The Balaban J connectivity index is 1.89. The van der Waals surface area contributed by atoms with Gasteiger partial charge in [-0.15, -0.1) is 0 Å². The van der Waals surface area contributed by atoms with Crippen LogP contribution in [0.4, 0.5) is 0 Å². The first-order chi connectivity index (χ1) is 12.3. The highest BCUT2D eigenvalue weighted by Crippen LogP contribution is 2.21. The van der Waals surface area contributed by atoms with E-state index >= 15 is 0 Å². The third-order valence-electron chi connectivity index (χ3n) is 4.22. The molecular formula is C18H30N2O5S. The van der Waals surface area contributed by atoms with Crippen LogP contribution in [0, 0.1) is 6.92 Å². The molecule has 1 fully saturated rings. The van der Waals surface area contributed by atoms with E-state index in [-0.39, 0.29) is 17.1 Å². The molecule has 26 heavy (non-hydrogen) atoms. The predicted molar refractivity (Wildman–Crippen MR) is 100 cm³/mol. The molecule has 2 unspecified atom stereocenters. The van der Waals surface area contributed by atoms with Crippen molar-refractivity contribution in [2.75, 3.05) is 46.5 Å². The van der Waals surface area contributed by atoms with E-state index < -0.39 is 10.0 Å². The molecule has 1 aliphatic rings. The molecular weight excluding hydrogens is 356 g/mol. The number of hydrogen-bond donors (Lipinski definition) is 1. The van der Waals surface area contributed by atoms with E-state index in [9.17, 15) is 8.42 Å². The summed E-state index contributed by atoms with van der Waals surface area (Å²) in [7, 11) is -1.93. The molecule has 0 spiro atoms. The average Bonchev–Trinajstić information content (AvgIpc) is 2.55. The monoisotopic (exact) mass is 386 g/mol. The molecule has 2 atom stereocenters. The van der Waals surface area contributed by atoms with Gasteiger partial charge in [0.1, 0.15) is 12.4 Å². The van der Waals surface area contributed by atoms with Gasteiger partial charge in [-0.2, -0.15) is 0 Å². The first-order valence-electron chi connectivity index (χ1n) is 8.91. The maximum absolute atomic E-state index is 12.5. The van der Waals surface area contributed by atoms with Crippen molar-refractivity contribution in [3.63, 3.8) is 0 Å². The maximum Gasteiger partial charge on any atom is 0.240 e. The van der Waals surface area contributed by atoms with Crippen molar-refractivity contribution in [1.82, 2.24) is 9.62 Å². The fourth-order valence-electron chi connectivity index (χ4n) is 3.07. The highest BCUT2D eigenvalue weighted by molar-refractivity contribution is 7.89. The van der Waals surface area contributed by atoms with Crippen molar-refractivity contribution in [2.45, 2.75) is 37.9 Å². The first kappa shape index (κ1) is 21.1. The van der Waals surface area contributed by atoms with Gasteiger partial charge in [-0.25, -0.2) is 13.1 Å². The fourth-order valence-corrected chi connectivity index (χ4v) is 4.18. The van der Waals surface area contributed by atoms with Crippen molar-refractivity contribution in [3.05, 3.63) is 23.8 Å². The molecule has 2 rings (SSSR count). The number of nitrogens with one attached hydrogen (secondary N) is 1. The summed E-state index contributed by atoms with van der Waals surface area (Å²) in [5.41, 5.74) is 0.778. The zero-order valence-electron chi connectivity index (χ0n) is 16.0. The van der Waals surface area contributed by atoms with E-state index in [1.807, 2.05) is 20.8 Å². The van der Waals surface area contributed by atoms with Crippen LogP contribution in [-0.4, -0.2) is 72.0 Å². The molecule has 0 amide bonds. The van der Waals surface area contributed by atoms with Crippen LogP contribution in [0.25, 0.3) is 0 Å². The molecule has 0 radical (unpaired) electrons. The zero-order chi connectivity index (χ0) is 19.2. The topological polar surface area (TPSA) is 77.1 Å². The van der Waals surface area contributed by atoms with Gasteiger partial charge in [-0.1, -0.05) is 0 Å². The summed E-state index contributed by atoms with van der Waals surface area (Å²) in [6.45, 7) is 9.48. The summed E-state index contributed by atoms with van der Waals surface area (Å²) in [4.78, 5) is 2.47. The number of hydrogen-bond acceptors (Lipinski definition) is 6. The summed E-state index contributed by atoms with van der Waals surface area (Å²) in [6.07, 6.45) is 0.340. The second-order valence-corrected chi connectivity index (χ2v) is 8.45. The Labute approximate surface area is 156 Å². The van der Waals surface area contributed by atoms with Crippen molar-refractivity contribution >= 4 is 10.0 Å². The smallest absolute Gasteiger partial charge is 0.240 e. The molecule has 7 nitrogen and oxygen atoms in total. The van der Waals surface area contributed by atoms with Crippen LogP contribution in [-0.2, 0) is 19.5 Å². The molecule has 0 saturated carbocycles. The number of morpholine rings is 1. The highest BCUT2D eigenvalue weighted by Gasteiger charge is 2.22. The summed E-state index contributed by atoms with van der Waals surface area (Å²) in [5.74, 6) is 0.664. The Morgan fingerprint density at radius 2 is 1.92 bits per heavy atom. The summed E-state index contributed by atoms with van der Waals surface area (Å²) < 4.78 is 43.9. The van der Waals surface area contributed by atoms with Gasteiger partial charge in [0, 0.05) is 33.3 Å². The van der Waals surface area contributed by atoms with Gasteiger partial charge in [-0.05, 0) is 44.5 Å². The molecule has 1 aliphatic heterocycles. The van der Waals surface area contributed by atoms with Gasteiger partial charge in [0.15, 0.2) is 0 Å². The minimum atomic E-state index is -3.54. The lowest BCUT2D eigenvalue weighted by Crippen LogP contribution is -2.47. The molecule has 1 saturated heterocycles. The third-order valence-corrected chi connectivity index (χ3v) is 5.68. The molecule has 1 aromatic carbocycles. The van der Waals surface area contributed by atoms with Crippen LogP contribution in [0.2, 0.25) is 0 Å². The van der Waals surface area contributed by atoms with E-state index in [1.165, 1.54) is 0 Å². The van der Waals surface area contributed by atoms with Gasteiger partial charge in [0.05, 0.1) is 23.7 Å². The highest BCUT2D eigenvalue weighted by atomic mass is 32.2. The van der Waals surface area contributed by atoms with E-state index in [0.717, 1.165) is 18.7 Å². The van der Waals surface area contributed by atoms with E-state index in [0.29, 0.717) is 32.1 Å². The Kier molecular flexibility index (Phi) is 7.85. The van der Waals surface area contributed by atoms with Crippen molar-refractivity contribution in [1.29, 1.82) is 0 Å². The van der Waals surface area contributed by atoms with Gasteiger partial charge < -0.3 is 14.2 Å². The summed E-state index contributed by atoms with van der Waals surface area (Å²) in [5, 5.41) is 0.